The lowest BCUT2D eigenvalue weighted by Gasteiger charge is -2.30. The summed E-state index contributed by atoms with van der Waals surface area (Å²) in [5.74, 6) is 0.981. The van der Waals surface area contributed by atoms with Crippen LogP contribution in [0.25, 0.3) is 11.0 Å². The van der Waals surface area contributed by atoms with Crippen LogP contribution in [-0.4, -0.2) is 72.3 Å². The molecule has 0 aliphatic carbocycles. The Morgan fingerprint density at radius 1 is 1.06 bits per heavy atom. The number of carbonyl (C=O) groups excluding carboxylic acids is 1. The van der Waals surface area contributed by atoms with Crippen LogP contribution in [0.4, 0.5) is 5.82 Å². The number of anilines is 1. The van der Waals surface area contributed by atoms with Crippen LogP contribution in [0.2, 0.25) is 0 Å². The van der Waals surface area contributed by atoms with Gasteiger partial charge in [-0.25, -0.2) is 13.4 Å². The Morgan fingerprint density at radius 2 is 1.74 bits per heavy atom. The third kappa shape index (κ3) is 4.92. The highest BCUT2D eigenvalue weighted by atomic mass is 32.2. The molecule has 0 unspecified atom stereocenters. The number of nitrogens with zero attached hydrogens (tertiary/aromatic N) is 5. The van der Waals surface area contributed by atoms with Crippen LogP contribution in [0.1, 0.15) is 62.4 Å². The lowest BCUT2D eigenvalue weighted by Crippen LogP contribution is -2.34. The Hall–Kier alpha value is -2.00. The molecule has 9 heteroatoms. The summed E-state index contributed by atoms with van der Waals surface area (Å²) in [4.78, 5) is 22.4. The number of hydrogen-bond acceptors (Lipinski definition) is 7. The Kier molecular flexibility index (Phi) is 6.62. The zero-order valence-electron chi connectivity index (χ0n) is 18.6. The molecule has 0 bridgehead atoms. The third-order valence-electron chi connectivity index (χ3n) is 6.62. The largest absolute Gasteiger partial charge is 0.357 e. The van der Waals surface area contributed by atoms with E-state index in [1.54, 1.807) is 0 Å². The standard InChI is InChI=1S/C22H33N5O3S/c1-3-25-14-10-17(11-15-25)16-19(28)21-18-8-9-20(26-12-6-4-5-7-13-26)23-22(18)27(24-21)31(2,29)30/h8-9,17H,3-7,10-16H2,1-2H3. The number of fused-ring (bicyclic) bond motifs is 1. The molecule has 31 heavy (non-hydrogen) atoms. The summed E-state index contributed by atoms with van der Waals surface area (Å²) in [6.07, 6.45) is 8.10. The first-order valence-electron chi connectivity index (χ1n) is 11.5. The van der Waals surface area contributed by atoms with Crippen LogP contribution in [0.15, 0.2) is 12.1 Å². The van der Waals surface area contributed by atoms with Crippen molar-refractivity contribution >= 4 is 32.7 Å². The molecule has 2 aromatic heterocycles. The van der Waals surface area contributed by atoms with E-state index >= 15 is 0 Å². The fourth-order valence-corrected chi connectivity index (χ4v) is 5.42. The van der Waals surface area contributed by atoms with Crippen LogP contribution in [-0.2, 0) is 10.0 Å². The molecule has 2 saturated heterocycles. The lowest BCUT2D eigenvalue weighted by atomic mass is 9.90. The number of piperidine rings is 1. The van der Waals surface area contributed by atoms with Crippen LogP contribution in [0, 0.1) is 5.92 Å². The average molecular weight is 448 g/mol. The summed E-state index contributed by atoms with van der Waals surface area (Å²) >= 11 is 0. The Balaban J connectivity index is 1.63. The number of carbonyl (C=O) groups is 1. The highest BCUT2D eigenvalue weighted by Gasteiger charge is 2.27. The number of rotatable bonds is 6. The summed E-state index contributed by atoms with van der Waals surface area (Å²) in [7, 11) is -3.67. The monoisotopic (exact) mass is 447 g/mol. The predicted octanol–water partition coefficient (Wildman–Crippen LogP) is 2.92. The first-order chi connectivity index (χ1) is 14.9. The molecule has 0 N–H and O–H groups in total. The topological polar surface area (TPSA) is 88.4 Å². The summed E-state index contributed by atoms with van der Waals surface area (Å²) < 4.78 is 25.8. The minimum atomic E-state index is -3.67. The van der Waals surface area contributed by atoms with Gasteiger partial charge in [-0.15, -0.1) is 4.09 Å². The Bertz CT molecular complexity index is 1030. The first-order valence-corrected chi connectivity index (χ1v) is 13.3. The van der Waals surface area contributed by atoms with E-state index in [0.717, 1.165) is 74.6 Å². The average Bonchev–Trinajstić information content (AvgIpc) is 2.94. The highest BCUT2D eigenvalue weighted by molar-refractivity contribution is 7.89. The van der Waals surface area contributed by atoms with Gasteiger partial charge >= 0.3 is 0 Å². The molecule has 0 atom stereocenters. The van der Waals surface area contributed by atoms with Crippen LogP contribution in [0.3, 0.4) is 0 Å². The molecule has 2 aromatic rings. The lowest BCUT2D eigenvalue weighted by molar-refractivity contribution is 0.0927. The second kappa shape index (κ2) is 9.24. The maximum absolute atomic E-state index is 13.1. The van der Waals surface area contributed by atoms with E-state index in [4.69, 9.17) is 0 Å². The van der Waals surface area contributed by atoms with Crippen molar-refractivity contribution in [1.29, 1.82) is 0 Å². The molecule has 2 fully saturated rings. The quantitative estimate of drug-likeness (QED) is 0.629. The van der Waals surface area contributed by atoms with E-state index in [-0.39, 0.29) is 17.1 Å². The molecule has 4 heterocycles. The molecule has 0 aromatic carbocycles. The van der Waals surface area contributed by atoms with E-state index in [1.807, 2.05) is 12.1 Å². The molecule has 4 rings (SSSR count). The molecule has 0 amide bonds. The van der Waals surface area contributed by atoms with Crippen molar-refractivity contribution in [1.82, 2.24) is 19.1 Å². The normalized spacial score (nSPS) is 19.6. The second-order valence-electron chi connectivity index (χ2n) is 8.90. The van der Waals surface area contributed by atoms with Crippen molar-refractivity contribution in [3.8, 4) is 0 Å². The number of hydrogen-bond donors (Lipinski definition) is 0. The van der Waals surface area contributed by atoms with Crippen molar-refractivity contribution < 1.29 is 13.2 Å². The van der Waals surface area contributed by atoms with Gasteiger partial charge in [0.05, 0.1) is 11.6 Å². The molecule has 2 aliphatic heterocycles. The van der Waals surface area contributed by atoms with E-state index in [1.165, 1.54) is 12.8 Å². The number of aromatic nitrogens is 3. The molecule has 0 radical (unpaired) electrons. The summed E-state index contributed by atoms with van der Waals surface area (Å²) in [5.41, 5.74) is 0.488. The van der Waals surface area contributed by atoms with Gasteiger partial charge in [0.15, 0.2) is 11.4 Å². The minimum absolute atomic E-state index is 0.0910. The van der Waals surface area contributed by atoms with Gasteiger partial charge in [0.2, 0.25) is 0 Å². The third-order valence-corrected chi connectivity index (χ3v) is 7.51. The SMILES string of the molecule is CCN1CCC(CC(=O)c2nn(S(C)(=O)=O)c3nc(N4CCCCCC4)ccc23)CC1. The minimum Gasteiger partial charge on any atom is -0.357 e. The number of likely N-dealkylation sites (tertiary alicyclic amines) is 1. The molecule has 2 aliphatic rings. The Labute approximate surface area is 184 Å². The van der Waals surface area contributed by atoms with Crippen molar-refractivity contribution in [3.05, 3.63) is 17.8 Å². The number of Topliss-reactive ketones (excluding diaryl/α,β-unsaturated/α-hetero) is 1. The molecular formula is C22H33N5O3S. The highest BCUT2D eigenvalue weighted by Crippen LogP contribution is 2.27. The van der Waals surface area contributed by atoms with Gasteiger partial charge in [0.1, 0.15) is 11.5 Å². The van der Waals surface area contributed by atoms with Crippen LogP contribution < -0.4 is 4.90 Å². The van der Waals surface area contributed by atoms with Crippen LogP contribution >= 0.6 is 0 Å². The van der Waals surface area contributed by atoms with Gasteiger partial charge in [-0.2, -0.15) is 5.10 Å². The maximum Gasteiger partial charge on any atom is 0.252 e. The van der Waals surface area contributed by atoms with Crippen molar-refractivity contribution in [2.24, 2.45) is 5.92 Å². The molecule has 0 saturated carbocycles. The van der Waals surface area contributed by atoms with Gasteiger partial charge in [-0.1, -0.05) is 19.8 Å². The fraction of sp³-hybridized carbons (Fsp3) is 0.682. The zero-order chi connectivity index (χ0) is 22.0. The fourth-order valence-electron chi connectivity index (χ4n) is 4.74. The summed E-state index contributed by atoms with van der Waals surface area (Å²) in [6.45, 7) is 7.03. The van der Waals surface area contributed by atoms with Crippen molar-refractivity contribution in [2.45, 2.75) is 51.9 Å². The van der Waals surface area contributed by atoms with Crippen molar-refractivity contribution in [2.75, 3.05) is 43.9 Å². The zero-order valence-corrected chi connectivity index (χ0v) is 19.4. The van der Waals surface area contributed by atoms with Gasteiger partial charge in [0.25, 0.3) is 10.0 Å². The van der Waals surface area contributed by atoms with Crippen molar-refractivity contribution in [3.63, 3.8) is 0 Å². The molecule has 0 spiro atoms. The Morgan fingerprint density at radius 3 is 2.35 bits per heavy atom. The second-order valence-corrected chi connectivity index (χ2v) is 10.7. The van der Waals surface area contributed by atoms with E-state index in [9.17, 15) is 13.2 Å². The van der Waals surface area contributed by atoms with E-state index in [0.29, 0.717) is 17.7 Å². The number of ketones is 1. The van der Waals surface area contributed by atoms with Gasteiger partial charge in [-0.05, 0) is 63.4 Å². The predicted molar refractivity (Wildman–Crippen MR) is 122 cm³/mol. The van der Waals surface area contributed by atoms with Gasteiger partial charge in [0, 0.05) is 19.5 Å². The smallest absolute Gasteiger partial charge is 0.252 e. The molecule has 170 valence electrons. The maximum atomic E-state index is 13.1. The van der Waals surface area contributed by atoms with Gasteiger partial charge in [-0.3, -0.25) is 4.79 Å². The van der Waals surface area contributed by atoms with E-state index in [2.05, 4.69) is 26.8 Å². The summed E-state index contributed by atoms with van der Waals surface area (Å²) in [6, 6.07) is 3.72. The van der Waals surface area contributed by atoms with Gasteiger partial charge < -0.3 is 9.80 Å². The van der Waals surface area contributed by atoms with E-state index < -0.39 is 10.0 Å². The number of pyridine rings is 1. The molecular weight excluding hydrogens is 414 g/mol. The molecule has 8 nitrogen and oxygen atoms in total. The van der Waals surface area contributed by atoms with Crippen LogP contribution in [0.5, 0.6) is 0 Å². The summed E-state index contributed by atoms with van der Waals surface area (Å²) in [5, 5.41) is 4.78. The first kappa shape index (κ1) is 22.2.